The maximum absolute atomic E-state index is 12.1. The highest BCUT2D eigenvalue weighted by Crippen LogP contribution is 2.39. The van der Waals surface area contributed by atoms with Crippen LogP contribution < -0.4 is 5.32 Å². The third-order valence-corrected chi connectivity index (χ3v) is 5.08. The van der Waals surface area contributed by atoms with Gasteiger partial charge in [0.1, 0.15) is 6.10 Å². The van der Waals surface area contributed by atoms with E-state index in [9.17, 15) is 4.79 Å². The zero-order chi connectivity index (χ0) is 17.0. The molecule has 1 atom stereocenters. The quantitative estimate of drug-likeness (QED) is 0.775. The number of methoxy groups -OCH3 is 1. The van der Waals surface area contributed by atoms with Crippen LogP contribution in [0.2, 0.25) is 0 Å². The van der Waals surface area contributed by atoms with Gasteiger partial charge >= 0.3 is 0 Å². The van der Waals surface area contributed by atoms with E-state index in [1.807, 2.05) is 17.9 Å². The summed E-state index contributed by atoms with van der Waals surface area (Å²) in [5, 5.41) is 7.11. The van der Waals surface area contributed by atoms with Crippen molar-refractivity contribution in [2.75, 3.05) is 33.4 Å². The molecule has 2 aliphatic rings. The molecule has 7 heteroatoms. The summed E-state index contributed by atoms with van der Waals surface area (Å²) in [5.41, 5.74) is 1.14. The molecule has 0 bridgehead atoms. The molecule has 2 aliphatic heterocycles. The number of piperidine rings is 1. The third kappa shape index (κ3) is 4.15. The summed E-state index contributed by atoms with van der Waals surface area (Å²) in [6, 6.07) is 0. The topological polar surface area (TPSA) is 68.6 Å². The average Bonchev–Trinajstić information content (AvgIpc) is 3.17. The van der Waals surface area contributed by atoms with Gasteiger partial charge in [0.15, 0.2) is 0 Å². The number of aryl methyl sites for hydroxylation is 1. The van der Waals surface area contributed by atoms with Gasteiger partial charge in [0.05, 0.1) is 18.4 Å². The summed E-state index contributed by atoms with van der Waals surface area (Å²) in [6.07, 6.45) is 7.49. The molecule has 134 valence electrons. The van der Waals surface area contributed by atoms with E-state index in [0.717, 1.165) is 45.3 Å². The first-order chi connectivity index (χ1) is 11.6. The summed E-state index contributed by atoms with van der Waals surface area (Å²) in [4.78, 5) is 14.6. The lowest BCUT2D eigenvalue weighted by atomic mass is 9.88. The fourth-order valence-electron chi connectivity index (χ4n) is 3.69. The van der Waals surface area contributed by atoms with Crippen LogP contribution in [0.5, 0.6) is 0 Å². The van der Waals surface area contributed by atoms with E-state index in [1.54, 1.807) is 7.11 Å². The Kier molecular flexibility index (Phi) is 5.53. The predicted octanol–water partition coefficient (Wildman–Crippen LogP) is 0.696. The summed E-state index contributed by atoms with van der Waals surface area (Å²) in [6.45, 7) is 4.03. The van der Waals surface area contributed by atoms with E-state index in [4.69, 9.17) is 9.47 Å². The Labute approximate surface area is 143 Å². The standard InChI is InChI=1S/C17H28N4O3/c1-20-12-14(11-19-20)13-21-8-5-17(6-9-21)4-3-15(24-17)16(22)18-7-10-23-2/h11-12,15H,3-10,13H2,1-2H3,(H,18,22). The molecule has 3 heterocycles. The monoisotopic (exact) mass is 336 g/mol. The lowest BCUT2D eigenvalue weighted by Gasteiger charge is -2.38. The second-order valence-corrected chi connectivity index (χ2v) is 6.91. The minimum Gasteiger partial charge on any atom is -0.383 e. The maximum Gasteiger partial charge on any atom is 0.249 e. The van der Waals surface area contributed by atoms with Crippen LogP contribution in [0, 0.1) is 0 Å². The van der Waals surface area contributed by atoms with E-state index in [0.29, 0.717) is 13.2 Å². The molecule has 24 heavy (non-hydrogen) atoms. The molecule has 0 aliphatic carbocycles. The van der Waals surface area contributed by atoms with Crippen molar-refractivity contribution in [1.29, 1.82) is 0 Å². The third-order valence-electron chi connectivity index (χ3n) is 5.08. The SMILES string of the molecule is COCCNC(=O)C1CCC2(CCN(Cc3cnn(C)c3)CC2)O1. The fourth-order valence-corrected chi connectivity index (χ4v) is 3.69. The number of rotatable bonds is 6. The average molecular weight is 336 g/mol. The fraction of sp³-hybridized carbons (Fsp3) is 0.765. The van der Waals surface area contributed by atoms with Gasteiger partial charge in [0.2, 0.25) is 5.91 Å². The van der Waals surface area contributed by atoms with Gasteiger partial charge in [-0.1, -0.05) is 0 Å². The normalized spacial score (nSPS) is 23.7. The predicted molar refractivity (Wildman–Crippen MR) is 89.4 cm³/mol. The molecule has 1 N–H and O–H groups in total. The summed E-state index contributed by atoms with van der Waals surface area (Å²) >= 11 is 0. The van der Waals surface area contributed by atoms with Crippen molar-refractivity contribution in [3.63, 3.8) is 0 Å². The van der Waals surface area contributed by atoms with Crippen LogP contribution >= 0.6 is 0 Å². The summed E-state index contributed by atoms with van der Waals surface area (Å²) in [7, 11) is 3.57. The number of hydrogen-bond donors (Lipinski definition) is 1. The Bertz CT molecular complexity index is 552. The van der Waals surface area contributed by atoms with E-state index in [2.05, 4.69) is 21.5 Å². The lowest BCUT2D eigenvalue weighted by Crippen LogP contribution is -2.45. The molecular formula is C17H28N4O3. The van der Waals surface area contributed by atoms with Crippen LogP contribution in [-0.2, 0) is 27.9 Å². The first-order valence-corrected chi connectivity index (χ1v) is 8.75. The summed E-state index contributed by atoms with van der Waals surface area (Å²) in [5.74, 6) is 0.00159. The van der Waals surface area contributed by atoms with Gasteiger partial charge in [-0.3, -0.25) is 14.4 Å². The van der Waals surface area contributed by atoms with Gasteiger partial charge in [0, 0.05) is 52.1 Å². The highest BCUT2D eigenvalue weighted by atomic mass is 16.5. The van der Waals surface area contributed by atoms with Crippen LogP contribution in [-0.4, -0.2) is 65.6 Å². The number of ether oxygens (including phenoxy) is 2. The first kappa shape index (κ1) is 17.4. The van der Waals surface area contributed by atoms with Gasteiger partial charge in [0.25, 0.3) is 0 Å². The second kappa shape index (κ2) is 7.63. The molecule has 1 aromatic rings. The Morgan fingerprint density at radius 1 is 1.46 bits per heavy atom. The van der Waals surface area contributed by atoms with Crippen molar-refractivity contribution >= 4 is 5.91 Å². The van der Waals surface area contributed by atoms with Crippen molar-refractivity contribution in [3.8, 4) is 0 Å². The van der Waals surface area contributed by atoms with E-state index in [-0.39, 0.29) is 17.6 Å². The summed E-state index contributed by atoms with van der Waals surface area (Å²) < 4.78 is 13.0. The number of likely N-dealkylation sites (tertiary alicyclic amines) is 1. The number of aromatic nitrogens is 2. The van der Waals surface area contributed by atoms with Crippen LogP contribution in [0.25, 0.3) is 0 Å². The number of nitrogens with zero attached hydrogens (tertiary/aromatic N) is 3. The van der Waals surface area contributed by atoms with Gasteiger partial charge < -0.3 is 14.8 Å². The molecule has 2 saturated heterocycles. The molecule has 1 aromatic heterocycles. The minimum atomic E-state index is -0.299. The number of amides is 1. The van der Waals surface area contributed by atoms with Gasteiger partial charge in [-0.05, 0) is 25.7 Å². The van der Waals surface area contributed by atoms with E-state index in [1.165, 1.54) is 5.56 Å². The smallest absolute Gasteiger partial charge is 0.249 e. The Morgan fingerprint density at radius 2 is 2.25 bits per heavy atom. The van der Waals surface area contributed by atoms with Crippen molar-refractivity contribution in [3.05, 3.63) is 18.0 Å². The van der Waals surface area contributed by atoms with Crippen LogP contribution in [0.4, 0.5) is 0 Å². The minimum absolute atomic E-state index is 0.00159. The molecule has 2 fully saturated rings. The van der Waals surface area contributed by atoms with Gasteiger partial charge in [-0.15, -0.1) is 0 Å². The lowest BCUT2D eigenvalue weighted by molar-refractivity contribution is -0.141. The molecule has 1 amide bonds. The molecule has 0 radical (unpaired) electrons. The molecule has 1 spiro atoms. The highest BCUT2D eigenvalue weighted by molar-refractivity contribution is 5.81. The Hall–Kier alpha value is -1.44. The van der Waals surface area contributed by atoms with E-state index >= 15 is 0 Å². The second-order valence-electron chi connectivity index (χ2n) is 6.91. The number of carbonyl (C=O) groups is 1. The number of carbonyl (C=O) groups excluding carboxylic acids is 1. The number of nitrogens with one attached hydrogen (secondary N) is 1. The zero-order valence-corrected chi connectivity index (χ0v) is 14.7. The van der Waals surface area contributed by atoms with Crippen molar-refractivity contribution in [1.82, 2.24) is 20.0 Å². The Balaban J connectivity index is 1.45. The van der Waals surface area contributed by atoms with Gasteiger partial charge in [-0.25, -0.2) is 0 Å². The van der Waals surface area contributed by atoms with E-state index < -0.39 is 0 Å². The van der Waals surface area contributed by atoms with Crippen molar-refractivity contribution in [2.24, 2.45) is 7.05 Å². The zero-order valence-electron chi connectivity index (χ0n) is 14.7. The molecule has 1 unspecified atom stereocenters. The van der Waals surface area contributed by atoms with Crippen LogP contribution in [0.1, 0.15) is 31.2 Å². The van der Waals surface area contributed by atoms with Crippen LogP contribution in [0.15, 0.2) is 12.4 Å². The van der Waals surface area contributed by atoms with Crippen molar-refractivity contribution < 1.29 is 14.3 Å². The Morgan fingerprint density at radius 3 is 2.92 bits per heavy atom. The molecule has 0 saturated carbocycles. The first-order valence-electron chi connectivity index (χ1n) is 8.75. The van der Waals surface area contributed by atoms with Gasteiger partial charge in [-0.2, -0.15) is 5.10 Å². The molecule has 3 rings (SSSR count). The molecular weight excluding hydrogens is 308 g/mol. The number of hydrogen-bond acceptors (Lipinski definition) is 5. The maximum atomic E-state index is 12.1. The largest absolute Gasteiger partial charge is 0.383 e. The molecule has 7 nitrogen and oxygen atoms in total. The van der Waals surface area contributed by atoms with Crippen LogP contribution in [0.3, 0.4) is 0 Å². The molecule has 0 aromatic carbocycles. The highest BCUT2D eigenvalue weighted by Gasteiger charge is 2.44. The van der Waals surface area contributed by atoms with Crippen molar-refractivity contribution in [2.45, 2.75) is 43.9 Å².